The maximum atomic E-state index is 5.48. The molecule has 0 spiro atoms. The molecule has 0 rings (SSSR count). The van der Waals surface area contributed by atoms with Gasteiger partial charge in [0.25, 0.3) is 0 Å². The molecule has 0 heterocycles. The van der Waals surface area contributed by atoms with E-state index in [0.717, 1.165) is 51.4 Å². The van der Waals surface area contributed by atoms with Crippen molar-refractivity contribution in [1.29, 1.82) is 0 Å². The Morgan fingerprint density at radius 2 is 0.377 bits per heavy atom. The monoisotopic (exact) mass is 1080 g/mol. The van der Waals surface area contributed by atoms with Gasteiger partial charge in [-0.3, -0.25) is 0 Å². The Bertz CT molecular complexity index is 851. The van der Waals surface area contributed by atoms with Crippen molar-refractivity contribution in [3.63, 3.8) is 0 Å². The third-order valence-corrected chi connectivity index (χ3v) is 16.1. The summed E-state index contributed by atoms with van der Waals surface area (Å²) < 4.78 is 43.8. The minimum Gasteiger partial charge on any atom is -0.691 e. The second kappa shape index (κ2) is 37.1. The van der Waals surface area contributed by atoms with Crippen molar-refractivity contribution in [2.75, 3.05) is 0 Å². The van der Waals surface area contributed by atoms with Crippen LogP contribution in [0.25, 0.3) is 0 Å². The van der Waals surface area contributed by atoms with Crippen molar-refractivity contribution in [3.05, 3.63) is 0 Å². The molecule has 21 heteroatoms. The van der Waals surface area contributed by atoms with Crippen molar-refractivity contribution in [2.45, 2.75) is 211 Å². The summed E-state index contributed by atoms with van der Waals surface area (Å²) in [6, 6.07) is 0. The standard InChI is InChI=1S/4C8H19O2PS2.Sn/c4*1-5-7(3)9-11(12,13)10-8(4)6-2;/h4*7-8H,5-6H2,1-4H3,(H,12,13);/q;;;;+4/p-4. The van der Waals surface area contributed by atoms with Gasteiger partial charge in [-0.2, -0.15) is 0 Å². The molecule has 0 aliphatic heterocycles. The number of hydrogen-bond donors (Lipinski definition) is 0. The van der Waals surface area contributed by atoms with Gasteiger partial charge < -0.3 is 85.2 Å². The molecule has 320 valence electrons. The minimum absolute atomic E-state index is 0. The maximum Gasteiger partial charge on any atom is 4.00 e. The molecule has 8 unspecified atom stereocenters. The first-order valence-corrected chi connectivity index (χ1v) is 33.0. The molecule has 0 radical (unpaired) electrons. The fraction of sp³-hybridized carbons (Fsp3) is 1.00. The van der Waals surface area contributed by atoms with Crippen molar-refractivity contribution in [1.82, 2.24) is 0 Å². The van der Waals surface area contributed by atoms with E-state index in [9.17, 15) is 0 Å². The van der Waals surface area contributed by atoms with E-state index in [1.54, 1.807) is 0 Å². The van der Waals surface area contributed by atoms with Gasteiger partial charge in [0.05, 0.1) is 71.6 Å². The molecule has 8 atom stereocenters. The van der Waals surface area contributed by atoms with Crippen LogP contribution in [-0.4, -0.2) is 72.7 Å². The molecule has 0 N–H and O–H groups in total. The third kappa shape index (κ3) is 45.8. The van der Waals surface area contributed by atoms with E-state index in [4.69, 9.17) is 132 Å². The maximum absolute atomic E-state index is 5.48. The predicted molar refractivity (Wildman–Crippen MR) is 259 cm³/mol. The van der Waals surface area contributed by atoms with Gasteiger partial charge in [-0.05, 0) is 107 Å². The van der Waals surface area contributed by atoms with Crippen LogP contribution in [-0.2, 0) is 132 Å². The average Bonchev–Trinajstić information content (AvgIpc) is 3.03. The van der Waals surface area contributed by atoms with E-state index >= 15 is 0 Å². The zero-order valence-electron chi connectivity index (χ0n) is 35.1. The summed E-state index contributed by atoms with van der Waals surface area (Å²) >= 11 is 40.9. The molecule has 0 aliphatic carbocycles. The SMILES string of the molecule is CCC(C)OP(=S)([S-])OC(C)CC.CCC(C)OP(=S)([S-])OC(C)CC.CCC(C)OP(=S)([S-])OC(C)CC.CCC(C)OP(=S)([S-])OC(C)CC.[Sn+4]. The van der Waals surface area contributed by atoms with Crippen molar-refractivity contribution in [3.8, 4) is 0 Å². The second-order valence-electron chi connectivity index (χ2n) is 12.4. The zero-order valence-corrected chi connectivity index (χ0v) is 48.1. The molecule has 0 bridgehead atoms. The first-order chi connectivity index (χ1) is 23.6. The minimum atomic E-state index is -2.42. The molecule has 8 nitrogen and oxygen atoms in total. The molecule has 0 aromatic rings. The molecular formula is C32H72O8P4S8Sn. The van der Waals surface area contributed by atoms with Gasteiger partial charge >= 0.3 is 23.9 Å². The zero-order chi connectivity index (χ0) is 41.9. The number of rotatable bonds is 24. The van der Waals surface area contributed by atoms with E-state index in [0.29, 0.717) is 0 Å². The fourth-order valence-corrected chi connectivity index (χ4v) is 14.4. The van der Waals surface area contributed by atoms with Crippen LogP contribution in [0.5, 0.6) is 0 Å². The third-order valence-electron chi connectivity index (χ3n) is 7.07. The Labute approximate surface area is 386 Å². The van der Waals surface area contributed by atoms with Gasteiger partial charge in [-0.1, -0.05) is 103 Å². The van der Waals surface area contributed by atoms with Gasteiger partial charge in [0.15, 0.2) is 0 Å². The van der Waals surface area contributed by atoms with Gasteiger partial charge in [0.1, 0.15) is 0 Å². The molecule has 0 aliphatic rings. The summed E-state index contributed by atoms with van der Waals surface area (Å²) in [6.07, 6.45) is 8.16. The Hall–Kier alpha value is 4.48. The van der Waals surface area contributed by atoms with Crippen LogP contribution >= 0.6 is 22.8 Å². The van der Waals surface area contributed by atoms with Crippen molar-refractivity contribution >= 4 is 143 Å². The van der Waals surface area contributed by atoms with E-state index < -0.39 is 22.8 Å². The molecule has 0 aromatic carbocycles. The van der Waals surface area contributed by atoms with Crippen molar-refractivity contribution in [2.24, 2.45) is 0 Å². The Morgan fingerprint density at radius 3 is 0.434 bits per heavy atom. The first kappa shape index (κ1) is 66.6. The van der Waals surface area contributed by atoms with Crippen LogP contribution in [0.4, 0.5) is 0 Å². The summed E-state index contributed by atoms with van der Waals surface area (Å²) in [5, 5.41) is 0. The van der Waals surface area contributed by atoms with Crippen LogP contribution in [0, 0.1) is 0 Å². The largest absolute Gasteiger partial charge is 4.00 e. The van der Waals surface area contributed by atoms with E-state index in [1.807, 2.05) is 111 Å². The van der Waals surface area contributed by atoms with Gasteiger partial charge in [-0.25, -0.2) is 0 Å². The molecule has 0 aromatic heterocycles. The second-order valence-corrected chi connectivity index (χ2v) is 32.0. The molecule has 0 fully saturated rings. The summed E-state index contributed by atoms with van der Waals surface area (Å²) in [5.41, 5.74) is -9.68. The van der Waals surface area contributed by atoms with Crippen LogP contribution in [0.1, 0.15) is 162 Å². The summed E-state index contributed by atoms with van der Waals surface area (Å²) in [6.45, 7) is 32.0. The normalized spacial score (nSPS) is 20.3. The number of hydrogen-bond acceptors (Lipinski definition) is 16. The van der Waals surface area contributed by atoms with Gasteiger partial charge in [0.2, 0.25) is 0 Å². The Morgan fingerprint density at radius 1 is 0.302 bits per heavy atom. The average molecular weight is 1080 g/mol. The molecule has 0 saturated carbocycles. The molecule has 0 amide bonds. The predicted octanol–water partition coefficient (Wildman–Crippen LogP) is 13.2. The van der Waals surface area contributed by atoms with Crippen LogP contribution in [0.15, 0.2) is 0 Å². The Kier molecular flexibility index (Phi) is 46.6. The van der Waals surface area contributed by atoms with Gasteiger partial charge in [0, 0.05) is 0 Å². The topological polar surface area (TPSA) is 73.8 Å². The smallest absolute Gasteiger partial charge is 0.691 e. The van der Waals surface area contributed by atoms with E-state index in [1.165, 1.54) is 0 Å². The molecule has 53 heavy (non-hydrogen) atoms. The first-order valence-electron chi connectivity index (χ1n) is 18.3. The molecule has 0 saturated heterocycles. The van der Waals surface area contributed by atoms with Gasteiger partial charge in [-0.15, -0.1) is 0 Å². The van der Waals surface area contributed by atoms with E-state index in [-0.39, 0.29) is 72.7 Å². The van der Waals surface area contributed by atoms with Crippen LogP contribution in [0.3, 0.4) is 0 Å². The van der Waals surface area contributed by atoms with Crippen LogP contribution in [0.2, 0.25) is 0 Å². The fourth-order valence-electron chi connectivity index (χ4n) is 2.46. The molecular weight excluding hydrogens is 1010 g/mol. The summed E-state index contributed by atoms with van der Waals surface area (Å²) in [5.74, 6) is 0. The quantitative estimate of drug-likeness (QED) is 0.0523. The summed E-state index contributed by atoms with van der Waals surface area (Å²) in [4.78, 5) is 0. The van der Waals surface area contributed by atoms with E-state index in [2.05, 4.69) is 0 Å². The summed E-state index contributed by atoms with van der Waals surface area (Å²) in [7, 11) is 0. The Balaban J connectivity index is -0.000000192. The van der Waals surface area contributed by atoms with Crippen molar-refractivity contribution < 1.29 is 36.2 Å². The van der Waals surface area contributed by atoms with Crippen LogP contribution < -0.4 is 0 Å².